The summed E-state index contributed by atoms with van der Waals surface area (Å²) in [4.78, 5) is 11.0. The van der Waals surface area contributed by atoms with Gasteiger partial charge < -0.3 is 9.64 Å². The Morgan fingerprint density at radius 1 is 1.50 bits per heavy atom. The van der Waals surface area contributed by atoms with Gasteiger partial charge in [0.2, 0.25) is 5.88 Å². The van der Waals surface area contributed by atoms with E-state index in [1.165, 1.54) is 0 Å². The molecule has 0 amide bonds. The molecule has 0 saturated carbocycles. The maximum Gasteiger partial charge on any atom is 0.228 e. The number of aryl methyl sites for hydroxylation is 1. The molecule has 0 saturated heterocycles. The first-order valence-electron chi connectivity index (χ1n) is 7.44. The zero-order chi connectivity index (χ0) is 16.8. The fourth-order valence-electron chi connectivity index (χ4n) is 1.74. The van der Waals surface area contributed by atoms with E-state index in [1.807, 2.05) is 37.4 Å². The minimum atomic E-state index is 0.0391. The van der Waals surface area contributed by atoms with E-state index in [4.69, 9.17) is 4.74 Å². The van der Waals surface area contributed by atoms with Crippen LogP contribution in [0.25, 0.3) is 0 Å². The van der Waals surface area contributed by atoms with E-state index < -0.39 is 0 Å². The number of rotatable bonds is 8. The number of hydrogen-bond acceptors (Lipinski definition) is 3. The number of aromatic nitrogens is 1. The minimum absolute atomic E-state index is 0.0391. The highest BCUT2D eigenvalue weighted by molar-refractivity contribution is 9.10. The van der Waals surface area contributed by atoms with Crippen LogP contribution in [0.2, 0.25) is 0 Å². The molecule has 0 bridgehead atoms. The lowest BCUT2D eigenvalue weighted by atomic mass is 9.91. The molecule has 0 spiro atoms. The minimum Gasteiger partial charge on any atom is -0.476 e. The molecular weight excluding hydrogens is 342 g/mol. The summed E-state index contributed by atoms with van der Waals surface area (Å²) in [7, 11) is 1.99. The predicted octanol–water partition coefficient (Wildman–Crippen LogP) is 4.75. The smallest absolute Gasteiger partial charge is 0.228 e. The van der Waals surface area contributed by atoms with Crippen molar-refractivity contribution in [1.82, 2.24) is 9.88 Å². The standard InChI is InChI=1S/C17H26BrN3O/c1-7-9-17(4,5)11-22-16-14(18)10-15(13(3)20-16)19-12-21(6)8-2/h7,10,12H,1,8-9,11H2,2-6H3. The Morgan fingerprint density at radius 2 is 2.18 bits per heavy atom. The molecule has 0 N–H and O–H groups in total. The van der Waals surface area contributed by atoms with Crippen LogP contribution in [0.4, 0.5) is 5.69 Å². The Hall–Kier alpha value is -1.36. The number of ether oxygens (including phenoxy) is 1. The lowest BCUT2D eigenvalue weighted by Crippen LogP contribution is -2.21. The summed E-state index contributed by atoms with van der Waals surface area (Å²) in [5, 5.41) is 0. The van der Waals surface area contributed by atoms with E-state index in [0.717, 1.165) is 28.8 Å². The van der Waals surface area contributed by atoms with Gasteiger partial charge in [-0.05, 0) is 42.3 Å². The van der Waals surface area contributed by atoms with Crippen LogP contribution in [0.15, 0.2) is 28.2 Å². The topological polar surface area (TPSA) is 37.7 Å². The molecule has 1 aromatic rings. The molecule has 0 fully saturated rings. The van der Waals surface area contributed by atoms with E-state index in [0.29, 0.717) is 12.5 Å². The van der Waals surface area contributed by atoms with Gasteiger partial charge >= 0.3 is 0 Å². The average Bonchev–Trinajstić information content (AvgIpc) is 2.45. The Balaban J connectivity index is 2.85. The van der Waals surface area contributed by atoms with Crippen molar-refractivity contribution in [3.8, 4) is 5.88 Å². The zero-order valence-electron chi connectivity index (χ0n) is 14.2. The van der Waals surface area contributed by atoms with E-state index >= 15 is 0 Å². The van der Waals surface area contributed by atoms with E-state index in [1.54, 1.807) is 0 Å². The summed E-state index contributed by atoms with van der Waals surface area (Å²) < 4.78 is 6.69. The Bertz CT molecular complexity index is 541. The summed E-state index contributed by atoms with van der Waals surface area (Å²) >= 11 is 3.52. The monoisotopic (exact) mass is 367 g/mol. The number of halogens is 1. The molecule has 122 valence electrons. The van der Waals surface area contributed by atoms with E-state index in [9.17, 15) is 0 Å². The second-order valence-electron chi connectivity index (χ2n) is 6.14. The van der Waals surface area contributed by atoms with Crippen LogP contribution in [0.3, 0.4) is 0 Å². The van der Waals surface area contributed by atoms with Crippen molar-refractivity contribution in [2.24, 2.45) is 10.4 Å². The van der Waals surface area contributed by atoms with Gasteiger partial charge in [-0.15, -0.1) is 6.58 Å². The van der Waals surface area contributed by atoms with E-state index in [2.05, 4.69) is 53.3 Å². The summed E-state index contributed by atoms with van der Waals surface area (Å²) in [6.07, 6.45) is 4.62. The van der Waals surface area contributed by atoms with Gasteiger partial charge in [-0.3, -0.25) is 0 Å². The van der Waals surface area contributed by atoms with Crippen LogP contribution in [0.5, 0.6) is 5.88 Å². The van der Waals surface area contributed by atoms with Gasteiger partial charge in [0.25, 0.3) is 0 Å². The number of nitrogens with zero attached hydrogens (tertiary/aromatic N) is 3. The van der Waals surface area contributed by atoms with Crippen molar-refractivity contribution < 1.29 is 4.74 Å². The Labute approximate surface area is 142 Å². The van der Waals surface area contributed by atoms with Crippen molar-refractivity contribution in [3.05, 3.63) is 28.9 Å². The molecule has 0 aliphatic heterocycles. The highest BCUT2D eigenvalue weighted by atomic mass is 79.9. The fraction of sp³-hybridized carbons (Fsp3) is 0.529. The second-order valence-corrected chi connectivity index (χ2v) is 7.00. The van der Waals surface area contributed by atoms with Crippen molar-refractivity contribution in [2.75, 3.05) is 20.2 Å². The van der Waals surface area contributed by atoms with Gasteiger partial charge in [-0.1, -0.05) is 19.9 Å². The molecule has 0 aliphatic carbocycles. The first kappa shape index (κ1) is 18.7. The second kappa shape index (κ2) is 8.32. The Kier molecular flexibility index (Phi) is 7.07. The molecule has 22 heavy (non-hydrogen) atoms. The van der Waals surface area contributed by atoms with Gasteiger partial charge in [-0.2, -0.15) is 0 Å². The molecule has 0 radical (unpaired) electrons. The summed E-state index contributed by atoms with van der Waals surface area (Å²) in [5.41, 5.74) is 1.72. The number of allylic oxidation sites excluding steroid dienone is 1. The number of aliphatic imine (C=N–C) groups is 1. The zero-order valence-corrected chi connectivity index (χ0v) is 15.8. The molecule has 0 aliphatic rings. The third kappa shape index (κ3) is 5.79. The van der Waals surface area contributed by atoms with Gasteiger partial charge in [0.1, 0.15) is 0 Å². The van der Waals surface area contributed by atoms with Crippen molar-refractivity contribution in [1.29, 1.82) is 0 Å². The lowest BCUT2D eigenvalue weighted by molar-refractivity contribution is 0.175. The molecule has 1 heterocycles. The number of hydrogen-bond donors (Lipinski definition) is 0. The fourth-order valence-corrected chi connectivity index (χ4v) is 2.16. The normalized spacial score (nSPS) is 11.7. The van der Waals surface area contributed by atoms with Crippen LogP contribution >= 0.6 is 15.9 Å². The average molecular weight is 368 g/mol. The SMILES string of the molecule is C=CCC(C)(C)COc1nc(C)c(N=CN(C)CC)cc1Br. The first-order chi connectivity index (χ1) is 10.3. The molecule has 5 heteroatoms. The molecule has 1 rings (SSSR count). The first-order valence-corrected chi connectivity index (χ1v) is 8.23. The summed E-state index contributed by atoms with van der Waals surface area (Å²) in [6, 6.07) is 1.94. The molecule has 0 aromatic carbocycles. The van der Waals surface area contributed by atoms with Crippen LogP contribution in [-0.2, 0) is 0 Å². The van der Waals surface area contributed by atoms with Crippen molar-refractivity contribution in [3.63, 3.8) is 0 Å². The lowest BCUT2D eigenvalue weighted by Gasteiger charge is -2.23. The Morgan fingerprint density at radius 3 is 2.77 bits per heavy atom. The highest BCUT2D eigenvalue weighted by Gasteiger charge is 2.18. The van der Waals surface area contributed by atoms with Crippen molar-refractivity contribution >= 4 is 28.0 Å². The predicted molar refractivity (Wildman–Crippen MR) is 97.2 cm³/mol. The third-order valence-corrected chi connectivity index (χ3v) is 3.87. The molecule has 0 atom stereocenters. The van der Waals surface area contributed by atoms with Crippen LogP contribution in [-0.4, -0.2) is 36.4 Å². The quantitative estimate of drug-likeness (QED) is 0.378. The summed E-state index contributed by atoms with van der Waals surface area (Å²) in [5.74, 6) is 0.609. The third-order valence-electron chi connectivity index (χ3n) is 3.30. The maximum atomic E-state index is 5.87. The van der Waals surface area contributed by atoms with Crippen LogP contribution in [0.1, 0.15) is 32.9 Å². The van der Waals surface area contributed by atoms with Gasteiger partial charge in [0.15, 0.2) is 0 Å². The van der Waals surface area contributed by atoms with Gasteiger partial charge in [0, 0.05) is 19.0 Å². The van der Waals surface area contributed by atoms with Crippen LogP contribution < -0.4 is 4.74 Å². The van der Waals surface area contributed by atoms with Crippen molar-refractivity contribution in [2.45, 2.75) is 34.1 Å². The number of pyridine rings is 1. The van der Waals surface area contributed by atoms with Crippen LogP contribution in [0, 0.1) is 12.3 Å². The van der Waals surface area contributed by atoms with E-state index in [-0.39, 0.29) is 5.41 Å². The molecular formula is C17H26BrN3O. The molecule has 4 nitrogen and oxygen atoms in total. The van der Waals surface area contributed by atoms with Gasteiger partial charge in [0.05, 0.1) is 28.8 Å². The summed E-state index contributed by atoms with van der Waals surface area (Å²) in [6.45, 7) is 13.6. The largest absolute Gasteiger partial charge is 0.476 e. The highest BCUT2D eigenvalue weighted by Crippen LogP contribution is 2.31. The van der Waals surface area contributed by atoms with Gasteiger partial charge in [-0.25, -0.2) is 9.98 Å². The maximum absolute atomic E-state index is 5.87. The molecule has 0 unspecified atom stereocenters. The molecule has 1 aromatic heterocycles.